The van der Waals surface area contributed by atoms with Crippen LogP contribution in [0.1, 0.15) is 29.5 Å². The minimum absolute atomic E-state index is 0.0455. The molecule has 0 unspecified atom stereocenters. The summed E-state index contributed by atoms with van der Waals surface area (Å²) in [5.41, 5.74) is 3.48. The van der Waals surface area contributed by atoms with Crippen LogP contribution >= 0.6 is 0 Å². The molecule has 0 atom stereocenters. The van der Waals surface area contributed by atoms with Gasteiger partial charge in [0, 0.05) is 19.5 Å². The number of carbonyl (C=O) groups is 3. The summed E-state index contributed by atoms with van der Waals surface area (Å²) in [7, 11) is 0. The van der Waals surface area contributed by atoms with Gasteiger partial charge in [0.25, 0.3) is 0 Å². The van der Waals surface area contributed by atoms with Gasteiger partial charge in [-0.1, -0.05) is 6.07 Å². The van der Waals surface area contributed by atoms with Crippen molar-refractivity contribution in [2.75, 3.05) is 26.2 Å². The molecule has 1 saturated heterocycles. The molecule has 0 radical (unpaired) electrons. The fraction of sp³-hybridized carbons (Fsp3) is 0.500. The number of aryl methyl sites for hydroxylation is 2. The summed E-state index contributed by atoms with van der Waals surface area (Å²) in [5.74, 6) is 0.325. The van der Waals surface area contributed by atoms with Crippen LogP contribution in [-0.2, 0) is 9.59 Å². The second-order valence-electron chi connectivity index (χ2n) is 6.28. The lowest BCUT2D eigenvalue weighted by molar-refractivity contribution is -0.125. The third-order valence-electron chi connectivity index (χ3n) is 4.14. The Morgan fingerprint density at radius 2 is 2.04 bits per heavy atom. The van der Waals surface area contributed by atoms with Crippen LogP contribution in [0.3, 0.4) is 0 Å². The van der Waals surface area contributed by atoms with Gasteiger partial charge in [-0.15, -0.1) is 0 Å². The summed E-state index contributed by atoms with van der Waals surface area (Å²) in [4.78, 5) is 35.8. The number of nitrogens with one attached hydrogen (secondary N) is 2. The van der Waals surface area contributed by atoms with E-state index in [0.717, 1.165) is 16.9 Å². The molecule has 1 aromatic rings. The van der Waals surface area contributed by atoms with Crippen LogP contribution in [0.5, 0.6) is 5.75 Å². The minimum Gasteiger partial charge on any atom is -0.493 e. The lowest BCUT2D eigenvalue weighted by atomic mass is 10.1. The van der Waals surface area contributed by atoms with E-state index in [4.69, 9.17) is 4.74 Å². The molecule has 0 bridgehead atoms. The Labute approximate surface area is 147 Å². The molecular formula is C18H25N3O4. The van der Waals surface area contributed by atoms with Crippen LogP contribution in [0, 0.1) is 20.8 Å². The second-order valence-corrected chi connectivity index (χ2v) is 6.28. The third kappa shape index (κ3) is 5.48. The molecule has 2 rings (SSSR count). The van der Waals surface area contributed by atoms with Crippen LogP contribution < -0.4 is 15.4 Å². The molecule has 0 spiro atoms. The van der Waals surface area contributed by atoms with Crippen molar-refractivity contribution in [1.29, 1.82) is 0 Å². The average molecular weight is 347 g/mol. The van der Waals surface area contributed by atoms with E-state index in [2.05, 4.69) is 23.6 Å². The average Bonchev–Trinajstić information content (AvgIpc) is 2.54. The molecule has 136 valence electrons. The molecule has 1 fully saturated rings. The van der Waals surface area contributed by atoms with Crippen molar-refractivity contribution in [2.45, 2.75) is 33.6 Å². The van der Waals surface area contributed by atoms with Crippen molar-refractivity contribution >= 4 is 17.8 Å². The van der Waals surface area contributed by atoms with Crippen molar-refractivity contribution in [3.63, 3.8) is 0 Å². The number of hydrogen-bond acceptors (Lipinski definition) is 4. The van der Waals surface area contributed by atoms with Crippen LogP contribution in [0.2, 0.25) is 0 Å². The molecule has 1 aliphatic rings. The molecule has 7 nitrogen and oxygen atoms in total. The number of rotatable bonds is 7. The zero-order valence-electron chi connectivity index (χ0n) is 15.0. The highest BCUT2D eigenvalue weighted by atomic mass is 16.5. The molecule has 4 amide bonds. The number of nitrogens with zero attached hydrogens (tertiary/aromatic N) is 1. The van der Waals surface area contributed by atoms with Crippen LogP contribution in [0.15, 0.2) is 12.1 Å². The first kappa shape index (κ1) is 18.8. The van der Waals surface area contributed by atoms with E-state index in [0.29, 0.717) is 19.6 Å². The standard InChI is InChI=1S/C18H25N3O4/c1-12-9-13(2)14(3)15(10-12)25-8-4-6-19-17(23)11-21-7-5-16(22)20-18(21)24/h9-10H,4-8,11H2,1-3H3,(H,19,23)(H,20,22,24). The topological polar surface area (TPSA) is 87.7 Å². The zero-order chi connectivity index (χ0) is 18.4. The van der Waals surface area contributed by atoms with Gasteiger partial charge in [0.05, 0.1) is 6.61 Å². The number of imide groups is 1. The second kappa shape index (κ2) is 8.50. The summed E-state index contributed by atoms with van der Waals surface area (Å²) < 4.78 is 5.80. The molecule has 1 aliphatic heterocycles. The zero-order valence-corrected chi connectivity index (χ0v) is 15.0. The van der Waals surface area contributed by atoms with Gasteiger partial charge >= 0.3 is 6.03 Å². The Morgan fingerprint density at radius 1 is 1.28 bits per heavy atom. The highest BCUT2D eigenvalue weighted by Gasteiger charge is 2.24. The van der Waals surface area contributed by atoms with Crippen LogP contribution in [-0.4, -0.2) is 49.0 Å². The molecule has 0 aromatic heterocycles. The Hall–Kier alpha value is -2.57. The number of benzene rings is 1. The summed E-state index contributed by atoms with van der Waals surface area (Å²) in [6.07, 6.45) is 0.894. The van der Waals surface area contributed by atoms with Gasteiger partial charge in [0.15, 0.2) is 0 Å². The normalized spacial score (nSPS) is 14.3. The lowest BCUT2D eigenvalue weighted by Gasteiger charge is -2.25. The number of ether oxygens (including phenoxy) is 1. The lowest BCUT2D eigenvalue weighted by Crippen LogP contribution is -2.52. The molecule has 1 heterocycles. The highest BCUT2D eigenvalue weighted by molar-refractivity contribution is 5.98. The largest absolute Gasteiger partial charge is 0.493 e. The van der Waals surface area contributed by atoms with E-state index >= 15 is 0 Å². The van der Waals surface area contributed by atoms with Gasteiger partial charge in [-0.05, 0) is 49.9 Å². The van der Waals surface area contributed by atoms with Crippen molar-refractivity contribution in [3.05, 3.63) is 28.8 Å². The van der Waals surface area contributed by atoms with Gasteiger partial charge in [-0.25, -0.2) is 4.79 Å². The first-order valence-electron chi connectivity index (χ1n) is 8.43. The van der Waals surface area contributed by atoms with Gasteiger partial charge in [-0.2, -0.15) is 0 Å². The first-order chi connectivity index (χ1) is 11.9. The Balaban J connectivity index is 1.67. The quantitative estimate of drug-likeness (QED) is 0.731. The Kier molecular flexibility index (Phi) is 6.38. The third-order valence-corrected chi connectivity index (χ3v) is 4.14. The summed E-state index contributed by atoms with van der Waals surface area (Å²) in [6, 6.07) is 3.62. The predicted octanol–water partition coefficient (Wildman–Crippen LogP) is 1.44. The summed E-state index contributed by atoms with van der Waals surface area (Å²) >= 11 is 0. The summed E-state index contributed by atoms with van der Waals surface area (Å²) in [6.45, 7) is 7.31. The van der Waals surface area contributed by atoms with Crippen molar-refractivity contribution < 1.29 is 19.1 Å². The fourth-order valence-corrected chi connectivity index (χ4v) is 2.61. The molecular weight excluding hydrogens is 322 g/mol. The maximum atomic E-state index is 11.9. The van der Waals surface area contributed by atoms with Gasteiger partial charge < -0.3 is 15.0 Å². The van der Waals surface area contributed by atoms with Crippen molar-refractivity contribution in [1.82, 2.24) is 15.5 Å². The molecule has 1 aromatic carbocycles. The van der Waals surface area contributed by atoms with Gasteiger partial charge in [0.1, 0.15) is 12.3 Å². The number of carbonyl (C=O) groups excluding carboxylic acids is 3. The monoisotopic (exact) mass is 347 g/mol. The number of hydrogen-bond donors (Lipinski definition) is 2. The Bertz CT molecular complexity index is 673. The highest BCUT2D eigenvalue weighted by Crippen LogP contribution is 2.23. The fourth-order valence-electron chi connectivity index (χ4n) is 2.61. The van der Waals surface area contributed by atoms with Crippen molar-refractivity contribution in [3.8, 4) is 5.75 Å². The molecule has 0 aliphatic carbocycles. The maximum absolute atomic E-state index is 11.9. The molecule has 25 heavy (non-hydrogen) atoms. The van der Waals surface area contributed by atoms with Crippen LogP contribution in [0.25, 0.3) is 0 Å². The van der Waals surface area contributed by atoms with Gasteiger partial charge in [0.2, 0.25) is 11.8 Å². The summed E-state index contributed by atoms with van der Waals surface area (Å²) in [5, 5.41) is 4.95. The van der Waals surface area contributed by atoms with E-state index in [-0.39, 0.29) is 31.3 Å². The predicted molar refractivity (Wildman–Crippen MR) is 93.5 cm³/mol. The maximum Gasteiger partial charge on any atom is 0.324 e. The minimum atomic E-state index is -0.514. The van der Waals surface area contributed by atoms with Crippen LogP contribution in [0.4, 0.5) is 4.79 Å². The van der Waals surface area contributed by atoms with E-state index in [1.165, 1.54) is 10.5 Å². The van der Waals surface area contributed by atoms with E-state index in [1.54, 1.807) is 0 Å². The molecule has 0 saturated carbocycles. The smallest absolute Gasteiger partial charge is 0.324 e. The SMILES string of the molecule is Cc1cc(C)c(C)c(OCCCNC(=O)CN2CCC(=O)NC2=O)c1. The van der Waals surface area contributed by atoms with E-state index in [1.807, 2.05) is 19.9 Å². The van der Waals surface area contributed by atoms with Crippen molar-refractivity contribution in [2.24, 2.45) is 0 Å². The molecule has 2 N–H and O–H groups in total. The first-order valence-corrected chi connectivity index (χ1v) is 8.43. The van der Waals surface area contributed by atoms with E-state index < -0.39 is 6.03 Å². The molecule has 7 heteroatoms. The number of urea groups is 1. The van der Waals surface area contributed by atoms with E-state index in [9.17, 15) is 14.4 Å². The number of amides is 4. The van der Waals surface area contributed by atoms with Gasteiger partial charge in [-0.3, -0.25) is 14.9 Å². The Morgan fingerprint density at radius 3 is 2.76 bits per heavy atom.